The van der Waals surface area contributed by atoms with Crippen LogP contribution in [0.5, 0.6) is 0 Å². The Morgan fingerprint density at radius 3 is 2.53 bits per heavy atom. The van der Waals surface area contributed by atoms with Crippen LogP contribution < -0.4 is 10.6 Å². The molecule has 0 radical (unpaired) electrons. The molecule has 0 spiro atoms. The van der Waals surface area contributed by atoms with E-state index in [9.17, 15) is 14.7 Å². The third kappa shape index (κ3) is 4.32. The van der Waals surface area contributed by atoms with Crippen molar-refractivity contribution in [2.24, 2.45) is 0 Å². The summed E-state index contributed by atoms with van der Waals surface area (Å²) < 4.78 is 0. The van der Waals surface area contributed by atoms with Gasteiger partial charge in [0, 0.05) is 19.6 Å². The van der Waals surface area contributed by atoms with Crippen LogP contribution >= 0.6 is 0 Å². The molecule has 1 saturated heterocycles. The minimum Gasteiger partial charge on any atom is -0.387 e. The highest BCUT2D eigenvalue weighted by Crippen LogP contribution is 2.24. The highest BCUT2D eigenvalue weighted by atomic mass is 16.3. The minimum atomic E-state index is -0.638. The molecule has 1 heterocycles. The van der Waals surface area contributed by atoms with E-state index in [1.807, 2.05) is 11.8 Å². The second-order valence-corrected chi connectivity index (χ2v) is 4.53. The number of hydrogen-bond donors (Lipinski definition) is 3. The van der Waals surface area contributed by atoms with E-state index in [2.05, 4.69) is 10.6 Å². The summed E-state index contributed by atoms with van der Waals surface area (Å²) in [6.45, 7) is 5.45. The number of carbonyl (C=O) groups excluding carboxylic acids is 2. The summed E-state index contributed by atoms with van der Waals surface area (Å²) in [5.41, 5.74) is -0.638. The van der Waals surface area contributed by atoms with E-state index in [4.69, 9.17) is 0 Å². The van der Waals surface area contributed by atoms with Crippen LogP contribution in [0.25, 0.3) is 0 Å². The Morgan fingerprint density at radius 2 is 2.00 bits per heavy atom. The van der Waals surface area contributed by atoms with Gasteiger partial charge in [-0.1, -0.05) is 13.3 Å². The van der Waals surface area contributed by atoms with Crippen molar-refractivity contribution in [3.8, 4) is 0 Å². The Kier molecular flexibility index (Phi) is 4.89. The van der Waals surface area contributed by atoms with Crippen LogP contribution in [0.15, 0.2) is 0 Å². The van der Waals surface area contributed by atoms with Gasteiger partial charge in [0.05, 0.1) is 12.1 Å². The fraction of sp³-hybridized carbons (Fsp3) is 0.818. The lowest BCUT2D eigenvalue weighted by Gasteiger charge is -2.46. The van der Waals surface area contributed by atoms with Crippen molar-refractivity contribution in [3.05, 3.63) is 0 Å². The average molecular weight is 243 g/mol. The quantitative estimate of drug-likeness (QED) is 0.618. The normalized spacial score (nSPS) is 18.3. The molecule has 6 heteroatoms. The molecule has 17 heavy (non-hydrogen) atoms. The first-order valence-electron chi connectivity index (χ1n) is 6.01. The van der Waals surface area contributed by atoms with Crippen LogP contribution in [0.4, 0.5) is 4.79 Å². The molecule has 0 bridgehead atoms. The fourth-order valence-electron chi connectivity index (χ4n) is 2.10. The molecule has 3 N–H and O–H groups in total. The third-order valence-electron chi connectivity index (χ3n) is 2.71. The van der Waals surface area contributed by atoms with Crippen molar-refractivity contribution in [2.75, 3.05) is 26.2 Å². The first kappa shape index (κ1) is 13.9. The number of amides is 3. The van der Waals surface area contributed by atoms with Gasteiger partial charge in [-0.3, -0.25) is 15.0 Å². The Labute approximate surface area is 101 Å². The van der Waals surface area contributed by atoms with Gasteiger partial charge in [0.1, 0.15) is 0 Å². The lowest BCUT2D eigenvalue weighted by molar-refractivity contribution is -0.132. The second kappa shape index (κ2) is 5.97. The van der Waals surface area contributed by atoms with Gasteiger partial charge < -0.3 is 10.4 Å². The number of imide groups is 1. The van der Waals surface area contributed by atoms with E-state index in [1.54, 1.807) is 6.92 Å². The summed E-state index contributed by atoms with van der Waals surface area (Å²) in [6.07, 6.45) is 1.68. The predicted molar refractivity (Wildman–Crippen MR) is 63.5 cm³/mol. The van der Waals surface area contributed by atoms with E-state index < -0.39 is 11.6 Å². The average Bonchev–Trinajstić information content (AvgIpc) is 2.15. The second-order valence-electron chi connectivity index (χ2n) is 4.53. The zero-order valence-corrected chi connectivity index (χ0v) is 10.5. The van der Waals surface area contributed by atoms with Crippen LogP contribution in [0, 0.1) is 0 Å². The molecule has 0 aromatic heterocycles. The van der Waals surface area contributed by atoms with Crippen LogP contribution in [0.3, 0.4) is 0 Å². The van der Waals surface area contributed by atoms with E-state index in [0.717, 1.165) is 12.8 Å². The molecule has 1 rings (SSSR count). The summed E-state index contributed by atoms with van der Waals surface area (Å²) in [5.74, 6) is -0.338. The Bertz CT molecular complexity index is 288. The zero-order valence-electron chi connectivity index (χ0n) is 10.5. The van der Waals surface area contributed by atoms with Gasteiger partial charge in [0.25, 0.3) is 0 Å². The van der Waals surface area contributed by atoms with Crippen molar-refractivity contribution in [1.29, 1.82) is 0 Å². The van der Waals surface area contributed by atoms with Crippen LogP contribution in [-0.2, 0) is 4.79 Å². The molecule has 0 saturated carbocycles. The standard InChI is InChI=1S/C11H21N3O3/c1-3-5-11(17)7-14(8-11)6-9(15)13-10(16)12-4-2/h17H,3-8H2,1-2H3,(H2,12,13,15,16). The number of likely N-dealkylation sites (tertiary alicyclic amines) is 1. The van der Waals surface area contributed by atoms with E-state index in [0.29, 0.717) is 19.6 Å². The fourth-order valence-corrected chi connectivity index (χ4v) is 2.10. The lowest BCUT2D eigenvalue weighted by atomic mass is 9.89. The Hall–Kier alpha value is -1.14. The number of carbonyl (C=O) groups is 2. The van der Waals surface area contributed by atoms with Gasteiger partial charge in [0.15, 0.2) is 0 Å². The number of hydrogen-bond acceptors (Lipinski definition) is 4. The highest BCUT2D eigenvalue weighted by molar-refractivity contribution is 5.95. The Morgan fingerprint density at radius 1 is 1.35 bits per heavy atom. The monoisotopic (exact) mass is 243 g/mol. The molecule has 1 fully saturated rings. The van der Waals surface area contributed by atoms with Gasteiger partial charge >= 0.3 is 6.03 Å². The minimum absolute atomic E-state index is 0.156. The van der Waals surface area contributed by atoms with Crippen molar-refractivity contribution < 1.29 is 14.7 Å². The summed E-state index contributed by atoms with van der Waals surface area (Å²) in [6, 6.07) is -0.471. The predicted octanol–water partition coefficient (Wildman–Crippen LogP) is -0.321. The maximum Gasteiger partial charge on any atom is 0.321 e. The molecule has 0 aromatic carbocycles. The number of urea groups is 1. The summed E-state index contributed by atoms with van der Waals surface area (Å²) in [4.78, 5) is 24.3. The van der Waals surface area contributed by atoms with Crippen molar-refractivity contribution in [2.45, 2.75) is 32.3 Å². The van der Waals surface area contributed by atoms with E-state index >= 15 is 0 Å². The number of rotatable bonds is 5. The number of aliphatic hydroxyl groups is 1. The smallest absolute Gasteiger partial charge is 0.321 e. The third-order valence-corrected chi connectivity index (χ3v) is 2.71. The summed E-state index contributed by atoms with van der Waals surface area (Å²) >= 11 is 0. The topological polar surface area (TPSA) is 81.7 Å². The van der Waals surface area contributed by atoms with Crippen LogP contribution in [0.2, 0.25) is 0 Å². The van der Waals surface area contributed by atoms with E-state index in [-0.39, 0.29) is 12.5 Å². The molecular weight excluding hydrogens is 222 g/mol. The Balaban J connectivity index is 2.20. The van der Waals surface area contributed by atoms with Gasteiger partial charge in [-0.25, -0.2) is 4.79 Å². The molecule has 0 atom stereocenters. The first-order valence-corrected chi connectivity index (χ1v) is 6.01. The van der Waals surface area contributed by atoms with Gasteiger partial charge in [0.2, 0.25) is 5.91 Å². The van der Waals surface area contributed by atoms with Crippen LogP contribution in [-0.4, -0.2) is 53.7 Å². The summed E-state index contributed by atoms with van der Waals surface area (Å²) in [5, 5.41) is 14.6. The van der Waals surface area contributed by atoms with Gasteiger partial charge in [-0.2, -0.15) is 0 Å². The molecule has 1 aliphatic heterocycles. The summed E-state index contributed by atoms with van der Waals surface area (Å²) in [7, 11) is 0. The molecule has 0 unspecified atom stereocenters. The molecule has 98 valence electrons. The molecular formula is C11H21N3O3. The van der Waals surface area contributed by atoms with Crippen LogP contribution in [0.1, 0.15) is 26.7 Å². The van der Waals surface area contributed by atoms with Gasteiger partial charge in [-0.15, -0.1) is 0 Å². The number of nitrogens with one attached hydrogen (secondary N) is 2. The SMILES string of the molecule is CCCC1(O)CN(CC(=O)NC(=O)NCC)C1. The molecule has 6 nitrogen and oxygen atoms in total. The lowest BCUT2D eigenvalue weighted by Crippen LogP contribution is -2.63. The molecule has 1 aliphatic rings. The van der Waals surface area contributed by atoms with E-state index in [1.165, 1.54) is 0 Å². The molecule has 3 amide bonds. The highest BCUT2D eigenvalue weighted by Gasteiger charge is 2.40. The van der Waals surface area contributed by atoms with Crippen molar-refractivity contribution in [1.82, 2.24) is 15.5 Å². The number of nitrogens with zero attached hydrogens (tertiary/aromatic N) is 1. The zero-order chi connectivity index (χ0) is 12.9. The molecule has 0 aromatic rings. The maximum atomic E-state index is 11.4. The largest absolute Gasteiger partial charge is 0.387 e. The maximum absolute atomic E-state index is 11.4. The van der Waals surface area contributed by atoms with Crippen molar-refractivity contribution in [3.63, 3.8) is 0 Å². The van der Waals surface area contributed by atoms with Gasteiger partial charge in [-0.05, 0) is 13.3 Å². The first-order chi connectivity index (χ1) is 7.99. The van der Waals surface area contributed by atoms with Crippen molar-refractivity contribution >= 4 is 11.9 Å². The number of β-amino-alcohol motifs (C(OH)–C–C–N with tert-alkyl or cyclic N) is 1. The molecule has 0 aliphatic carbocycles.